The largest absolute Gasteiger partial charge is 0.416 e. The van der Waals surface area contributed by atoms with Crippen LogP contribution in [-0.4, -0.2) is 32.3 Å². The predicted molar refractivity (Wildman–Crippen MR) is 170 cm³/mol. The number of primary amides is 1. The molecule has 0 aliphatic carbocycles. The van der Waals surface area contributed by atoms with Crippen LogP contribution in [0.1, 0.15) is 57.8 Å². The van der Waals surface area contributed by atoms with E-state index in [9.17, 15) is 36.3 Å². The van der Waals surface area contributed by atoms with Crippen molar-refractivity contribution in [1.29, 1.82) is 0 Å². The third-order valence-corrected chi connectivity index (χ3v) is 7.17. The Morgan fingerprint density at radius 3 is 2.23 bits per heavy atom. The van der Waals surface area contributed by atoms with Crippen molar-refractivity contribution in [2.24, 2.45) is 18.7 Å². The number of rotatable bonds is 8. The van der Waals surface area contributed by atoms with Gasteiger partial charge in [-0.05, 0) is 65.7 Å². The number of fused-ring (bicyclic) bond motifs is 1. The van der Waals surface area contributed by atoms with Crippen molar-refractivity contribution >= 4 is 34.3 Å². The molecule has 0 unspecified atom stereocenters. The smallest absolute Gasteiger partial charge is 0.366 e. The maximum Gasteiger partial charge on any atom is 0.416 e. The van der Waals surface area contributed by atoms with Gasteiger partial charge in [0.1, 0.15) is 5.69 Å². The number of halogens is 5. The van der Waals surface area contributed by atoms with Gasteiger partial charge in [-0.25, -0.2) is 8.78 Å². The van der Waals surface area contributed by atoms with Gasteiger partial charge in [-0.2, -0.15) is 13.2 Å². The van der Waals surface area contributed by atoms with Crippen molar-refractivity contribution in [2.45, 2.75) is 33.0 Å². The van der Waals surface area contributed by atoms with Crippen LogP contribution in [0, 0.1) is 5.92 Å². The Balaban J connectivity index is 0.000000500. The second-order valence-electron chi connectivity index (χ2n) is 10.9. The Morgan fingerprint density at radius 2 is 1.67 bits per heavy atom. The minimum absolute atomic E-state index is 0.0243. The molecule has 3 aromatic heterocycles. The molecule has 14 heteroatoms. The summed E-state index contributed by atoms with van der Waals surface area (Å²) in [5.74, 6) is -1.74. The highest BCUT2D eigenvalue weighted by atomic mass is 19.4. The van der Waals surface area contributed by atoms with Gasteiger partial charge in [0.05, 0.1) is 16.7 Å². The van der Waals surface area contributed by atoms with Crippen LogP contribution < -0.4 is 16.4 Å². The number of benzene rings is 2. The van der Waals surface area contributed by atoms with E-state index in [4.69, 9.17) is 5.73 Å². The quantitative estimate of drug-likeness (QED) is 0.155. The lowest BCUT2D eigenvalue weighted by molar-refractivity contribution is -0.137. The molecule has 3 heterocycles. The minimum Gasteiger partial charge on any atom is -0.366 e. The van der Waals surface area contributed by atoms with Crippen LogP contribution in [0.2, 0.25) is 0 Å². The summed E-state index contributed by atoms with van der Waals surface area (Å²) in [5.41, 5.74) is 6.32. The van der Waals surface area contributed by atoms with E-state index in [1.165, 1.54) is 30.6 Å². The third kappa shape index (κ3) is 8.57. The van der Waals surface area contributed by atoms with Gasteiger partial charge in [-0.3, -0.25) is 24.4 Å². The van der Waals surface area contributed by atoms with Gasteiger partial charge in [0.15, 0.2) is 0 Å². The molecule has 2 aromatic carbocycles. The van der Waals surface area contributed by atoms with Crippen LogP contribution in [0.15, 0.2) is 85.3 Å². The molecular weight excluding hydrogens is 635 g/mol. The van der Waals surface area contributed by atoms with Crippen molar-refractivity contribution in [2.75, 3.05) is 5.32 Å². The summed E-state index contributed by atoms with van der Waals surface area (Å²) in [5, 5.41) is 5.96. The molecule has 9 nitrogen and oxygen atoms in total. The lowest BCUT2D eigenvalue weighted by atomic mass is 10.1. The van der Waals surface area contributed by atoms with Crippen LogP contribution in [0.5, 0.6) is 0 Å². The summed E-state index contributed by atoms with van der Waals surface area (Å²) in [6.07, 6.45) is -3.22. The Bertz CT molecular complexity index is 1920. The minimum atomic E-state index is -4.44. The average molecular weight is 667 g/mol. The first-order valence-electron chi connectivity index (χ1n) is 14.5. The van der Waals surface area contributed by atoms with E-state index in [0.29, 0.717) is 33.5 Å². The molecule has 0 saturated heterocycles. The van der Waals surface area contributed by atoms with Crippen molar-refractivity contribution in [3.8, 4) is 11.3 Å². The predicted octanol–water partition coefficient (Wildman–Crippen LogP) is 6.90. The zero-order valence-corrected chi connectivity index (χ0v) is 26.0. The van der Waals surface area contributed by atoms with Gasteiger partial charge in [0, 0.05) is 60.4 Å². The second kappa shape index (κ2) is 14.8. The maximum atomic E-state index is 13.6. The van der Waals surface area contributed by atoms with Crippen molar-refractivity contribution < 1.29 is 36.3 Å². The van der Waals surface area contributed by atoms with Crippen LogP contribution >= 0.6 is 0 Å². The Hall–Kier alpha value is -5.66. The van der Waals surface area contributed by atoms with Gasteiger partial charge >= 0.3 is 6.18 Å². The van der Waals surface area contributed by atoms with Crippen molar-refractivity contribution in [3.63, 3.8) is 0 Å². The number of nitrogens with one attached hydrogen (secondary N) is 2. The summed E-state index contributed by atoms with van der Waals surface area (Å²) in [7, 11) is 1.76. The average Bonchev–Trinajstić information content (AvgIpc) is 3.38. The second-order valence-corrected chi connectivity index (χ2v) is 10.9. The highest BCUT2D eigenvalue weighted by molar-refractivity contribution is 6.06. The van der Waals surface area contributed by atoms with Gasteiger partial charge in [-0.15, -0.1) is 0 Å². The molecule has 5 aromatic rings. The summed E-state index contributed by atoms with van der Waals surface area (Å²) < 4.78 is 67.8. The normalized spacial score (nSPS) is 11.3. The first kappa shape index (κ1) is 35.2. The lowest BCUT2D eigenvalue weighted by Gasteiger charge is -2.12. The van der Waals surface area contributed by atoms with E-state index in [1.807, 2.05) is 0 Å². The third-order valence-electron chi connectivity index (χ3n) is 7.17. The number of anilines is 1. The summed E-state index contributed by atoms with van der Waals surface area (Å²) in [4.78, 5) is 42.7. The molecule has 0 atom stereocenters. The number of amides is 3. The number of hydrogen-bond acceptors (Lipinski definition) is 5. The van der Waals surface area contributed by atoms with E-state index in [0.717, 1.165) is 17.6 Å². The Kier molecular flexibility index (Phi) is 10.9. The highest BCUT2D eigenvalue weighted by Crippen LogP contribution is 2.33. The lowest BCUT2D eigenvalue weighted by Crippen LogP contribution is -2.27. The zero-order valence-electron chi connectivity index (χ0n) is 26.0. The van der Waals surface area contributed by atoms with Crippen molar-refractivity contribution in [3.05, 3.63) is 113 Å². The van der Waals surface area contributed by atoms with Crippen LogP contribution in [-0.2, 0) is 24.6 Å². The van der Waals surface area contributed by atoms with Gasteiger partial charge in [0.2, 0.25) is 11.8 Å². The fraction of sp³-hybridized carbons (Fsp3) is 0.206. The van der Waals surface area contributed by atoms with E-state index < -0.39 is 35.7 Å². The SMILES string of the molecule is CC(C)C(=O)NCc1cnc(C(F)F)c(C(=O)Nc2ccc3c(c2)cc(-c2ccc(C(F)(F)F)cc2)n3C)c1.NC(=O)c1cccnc1. The van der Waals surface area contributed by atoms with Gasteiger partial charge in [-0.1, -0.05) is 26.0 Å². The standard InChI is InChI=1S/C28H25F5N4O2.C6H6N2O/c1-15(2)26(38)35-14-16-10-21(24(25(29)30)34-13-16)27(39)36-20-8-9-22-18(11-20)12-23(37(22)3)17-4-6-19(7-5-17)28(31,32)33;7-6(9)5-2-1-3-8-4-5/h4-13,15,25H,14H2,1-3H3,(H,35,38)(H,36,39);1-4H,(H2,7,9). The number of carbonyl (C=O) groups is 3. The van der Waals surface area contributed by atoms with E-state index in [-0.39, 0.29) is 23.9 Å². The number of carbonyl (C=O) groups excluding carboxylic acids is 3. The summed E-state index contributed by atoms with van der Waals surface area (Å²) in [6.45, 7) is 3.45. The van der Waals surface area contributed by atoms with Gasteiger partial charge in [0.25, 0.3) is 12.3 Å². The number of nitrogens with two attached hydrogens (primary N) is 1. The molecule has 0 saturated carbocycles. The Labute approximate surface area is 272 Å². The number of pyridine rings is 2. The number of alkyl halides is 5. The van der Waals surface area contributed by atoms with E-state index >= 15 is 0 Å². The summed E-state index contributed by atoms with van der Waals surface area (Å²) >= 11 is 0. The van der Waals surface area contributed by atoms with E-state index in [1.54, 1.807) is 68.1 Å². The van der Waals surface area contributed by atoms with Gasteiger partial charge < -0.3 is 20.9 Å². The number of aryl methyl sites for hydroxylation is 1. The van der Waals surface area contributed by atoms with Crippen molar-refractivity contribution in [1.82, 2.24) is 19.9 Å². The maximum absolute atomic E-state index is 13.6. The number of hydrogen-bond donors (Lipinski definition) is 3. The summed E-state index contributed by atoms with van der Waals surface area (Å²) in [6, 6.07) is 16.1. The monoisotopic (exact) mass is 666 g/mol. The Morgan fingerprint density at radius 1 is 0.958 bits per heavy atom. The van der Waals surface area contributed by atoms with Crippen LogP contribution in [0.4, 0.5) is 27.6 Å². The first-order chi connectivity index (χ1) is 22.6. The number of aromatic nitrogens is 3. The molecule has 0 radical (unpaired) electrons. The molecule has 0 aliphatic rings. The zero-order chi connectivity index (χ0) is 35.2. The highest BCUT2D eigenvalue weighted by Gasteiger charge is 2.30. The molecule has 4 N–H and O–H groups in total. The molecule has 0 aliphatic heterocycles. The molecule has 5 rings (SSSR count). The van der Waals surface area contributed by atoms with E-state index in [2.05, 4.69) is 20.6 Å². The molecule has 0 fully saturated rings. The molecule has 250 valence electrons. The topological polar surface area (TPSA) is 132 Å². The molecule has 0 spiro atoms. The molecule has 3 amide bonds. The molecular formula is C34H31F5N6O3. The molecule has 48 heavy (non-hydrogen) atoms. The fourth-order valence-electron chi connectivity index (χ4n) is 4.61. The van der Waals surface area contributed by atoms with Crippen LogP contribution in [0.3, 0.4) is 0 Å². The fourth-order valence-corrected chi connectivity index (χ4v) is 4.61. The first-order valence-corrected chi connectivity index (χ1v) is 14.5. The van der Waals surface area contributed by atoms with Crippen LogP contribution in [0.25, 0.3) is 22.2 Å². The number of nitrogens with zero attached hydrogens (tertiary/aromatic N) is 3. The molecule has 0 bridgehead atoms.